The number of aromatic hydroxyl groups is 2. The summed E-state index contributed by atoms with van der Waals surface area (Å²) >= 11 is 0. The first-order chi connectivity index (χ1) is 24.2. The zero-order valence-corrected chi connectivity index (χ0v) is 28.8. The lowest BCUT2D eigenvalue weighted by Gasteiger charge is -2.14. The Morgan fingerprint density at radius 1 is 0.509 bits per heavy atom. The minimum absolute atomic E-state index is 0.441. The van der Waals surface area contributed by atoms with Gasteiger partial charge in [0.25, 0.3) is 58.0 Å². The van der Waals surface area contributed by atoms with Gasteiger partial charge in [-0.1, -0.05) is 0 Å². The molecule has 5 rings (SSSR count). The van der Waals surface area contributed by atoms with Crippen LogP contribution < -0.4 is 10.6 Å². The Labute approximate surface area is 296 Å². The van der Waals surface area contributed by atoms with E-state index in [1.54, 1.807) is 0 Å². The molecule has 8 N–H and O–H groups in total. The molecule has 0 saturated heterocycles. The summed E-state index contributed by atoms with van der Waals surface area (Å²) in [6, 6.07) is 7.12. The minimum Gasteiger partial charge on any atom is -0.507 e. The van der Waals surface area contributed by atoms with Gasteiger partial charge in [-0.25, -0.2) is 0 Å². The van der Waals surface area contributed by atoms with Crippen LogP contribution in [0.4, 0.5) is 17.1 Å². The topological polar surface area (TPSA) is 359 Å². The maximum atomic E-state index is 13.5. The fourth-order valence-corrected chi connectivity index (χ4v) is 7.20. The minimum atomic E-state index is -5.09. The van der Waals surface area contributed by atoms with Crippen LogP contribution in [-0.4, -0.2) is 78.8 Å². The van der Waals surface area contributed by atoms with E-state index in [4.69, 9.17) is 0 Å². The number of nitro groups is 1. The molecule has 0 fully saturated rings. The number of nitrogens with one attached hydrogen (secondary N) is 2. The number of nitrogens with zero attached hydrogens (tertiary/aromatic N) is 1. The molecular weight excluding hydrogens is 795 g/mol. The molecule has 0 spiro atoms. The second-order valence-corrected chi connectivity index (χ2v) is 16.5. The molecule has 21 nitrogen and oxygen atoms in total. The normalized spacial score (nSPS) is 12.5. The van der Waals surface area contributed by atoms with E-state index in [0.29, 0.717) is 60.7 Å². The van der Waals surface area contributed by atoms with Gasteiger partial charge in [0.15, 0.2) is 0 Å². The third-order valence-electron chi connectivity index (χ3n) is 7.29. The Hall–Kier alpha value is -5.80. The summed E-state index contributed by atoms with van der Waals surface area (Å²) in [6.45, 7) is 0. The van der Waals surface area contributed by atoms with E-state index in [0.717, 1.165) is 6.07 Å². The number of amides is 2. The van der Waals surface area contributed by atoms with Gasteiger partial charge in [-0.2, -0.15) is 33.7 Å². The van der Waals surface area contributed by atoms with Crippen molar-refractivity contribution in [1.82, 2.24) is 0 Å². The molecular formula is C28H19N3O18S4. The number of benzene rings is 5. The van der Waals surface area contributed by atoms with Gasteiger partial charge in [0.2, 0.25) is 0 Å². The number of non-ortho nitro benzene ring substituents is 1. The molecule has 53 heavy (non-hydrogen) atoms. The average Bonchev–Trinajstić information content (AvgIpc) is 3.02. The number of phenols is 2. The van der Waals surface area contributed by atoms with Gasteiger partial charge in [-0.05, 0) is 53.2 Å². The van der Waals surface area contributed by atoms with Gasteiger partial charge >= 0.3 is 0 Å². The van der Waals surface area contributed by atoms with Crippen LogP contribution in [0.1, 0.15) is 20.7 Å². The molecule has 278 valence electrons. The molecule has 0 saturated carbocycles. The fraction of sp³-hybridized carbons (Fsp3) is 0. The van der Waals surface area contributed by atoms with Crippen molar-refractivity contribution >= 4 is 90.9 Å². The Morgan fingerprint density at radius 2 is 0.811 bits per heavy atom. The summed E-state index contributed by atoms with van der Waals surface area (Å²) in [6.07, 6.45) is 0. The largest absolute Gasteiger partial charge is 0.507 e. The molecule has 0 bridgehead atoms. The van der Waals surface area contributed by atoms with Crippen LogP contribution in [0.25, 0.3) is 21.5 Å². The van der Waals surface area contributed by atoms with Crippen molar-refractivity contribution in [2.45, 2.75) is 19.6 Å². The van der Waals surface area contributed by atoms with Crippen LogP contribution in [0.2, 0.25) is 0 Å². The van der Waals surface area contributed by atoms with E-state index in [1.165, 1.54) is 0 Å². The Morgan fingerprint density at radius 3 is 1.09 bits per heavy atom. The molecule has 0 aliphatic carbocycles. The Kier molecular flexibility index (Phi) is 9.43. The van der Waals surface area contributed by atoms with Crippen LogP contribution in [0.5, 0.6) is 11.5 Å². The van der Waals surface area contributed by atoms with Crippen molar-refractivity contribution < 1.29 is 76.6 Å². The molecule has 0 atom stereocenters. The van der Waals surface area contributed by atoms with Gasteiger partial charge in [-0.15, -0.1) is 0 Å². The van der Waals surface area contributed by atoms with Crippen molar-refractivity contribution in [3.63, 3.8) is 0 Å². The van der Waals surface area contributed by atoms with Gasteiger partial charge in [-0.3, -0.25) is 37.9 Å². The van der Waals surface area contributed by atoms with Crippen LogP contribution in [0, 0.1) is 10.1 Å². The van der Waals surface area contributed by atoms with E-state index in [-0.39, 0.29) is 0 Å². The first kappa shape index (κ1) is 38.4. The smallest absolute Gasteiger partial charge is 0.294 e. The third kappa shape index (κ3) is 8.00. The Bertz CT molecular complexity index is 2730. The van der Waals surface area contributed by atoms with Gasteiger partial charge < -0.3 is 20.8 Å². The number of hydrogen-bond donors (Lipinski definition) is 8. The quantitative estimate of drug-likeness (QED) is 0.0602. The van der Waals surface area contributed by atoms with Crippen molar-refractivity contribution in [2.75, 3.05) is 10.6 Å². The molecule has 0 radical (unpaired) electrons. The highest BCUT2D eigenvalue weighted by molar-refractivity contribution is 7.86. The second-order valence-electron chi connectivity index (χ2n) is 10.9. The molecule has 0 aliphatic rings. The molecule has 5 aromatic carbocycles. The summed E-state index contributed by atoms with van der Waals surface area (Å²) in [5.41, 5.74) is -3.53. The number of nitro benzene ring substituents is 1. The zero-order chi connectivity index (χ0) is 39.6. The lowest BCUT2D eigenvalue weighted by molar-refractivity contribution is -0.384. The van der Waals surface area contributed by atoms with Crippen molar-refractivity contribution in [2.24, 2.45) is 0 Å². The van der Waals surface area contributed by atoms with Crippen molar-refractivity contribution in [3.8, 4) is 11.5 Å². The number of phenolic OH excluding ortho intramolecular Hbond substituents is 2. The predicted molar refractivity (Wildman–Crippen MR) is 179 cm³/mol. The van der Waals surface area contributed by atoms with Crippen LogP contribution in [-0.2, 0) is 40.5 Å². The maximum absolute atomic E-state index is 13.5. The second kappa shape index (κ2) is 13.0. The predicted octanol–water partition coefficient (Wildman–Crippen LogP) is 2.80. The lowest BCUT2D eigenvalue weighted by atomic mass is 10.0. The van der Waals surface area contributed by atoms with E-state index >= 15 is 0 Å². The number of rotatable bonds is 9. The number of anilines is 2. The van der Waals surface area contributed by atoms with Crippen LogP contribution in [0.15, 0.2) is 86.3 Å². The molecule has 0 heterocycles. The van der Waals surface area contributed by atoms with E-state index in [9.17, 15) is 81.8 Å². The lowest BCUT2D eigenvalue weighted by Crippen LogP contribution is -2.17. The molecule has 0 aromatic heterocycles. The van der Waals surface area contributed by atoms with E-state index < -0.39 is 138 Å². The maximum Gasteiger partial charge on any atom is 0.294 e. The number of carbonyl (C=O) groups excluding carboxylic acids is 2. The summed E-state index contributed by atoms with van der Waals surface area (Å²) in [4.78, 5) is 33.9. The number of fused-ring (bicyclic) bond motifs is 2. The van der Waals surface area contributed by atoms with Crippen molar-refractivity contribution in [3.05, 3.63) is 88.0 Å². The monoisotopic (exact) mass is 813 g/mol. The van der Waals surface area contributed by atoms with Gasteiger partial charge in [0.1, 0.15) is 11.5 Å². The first-order valence-corrected chi connectivity index (χ1v) is 19.4. The van der Waals surface area contributed by atoms with Crippen LogP contribution in [0.3, 0.4) is 0 Å². The highest BCUT2D eigenvalue weighted by Gasteiger charge is 2.25. The average molecular weight is 814 g/mol. The highest BCUT2D eigenvalue weighted by atomic mass is 32.2. The summed E-state index contributed by atoms with van der Waals surface area (Å²) < 4.78 is 133. The standard InChI is InChI=1S/C28H19N3O18S4/c32-23-10-19(52(44,45)46)6-12-4-17(50(38,39)40)8-21(25(12)23)29-27(34)14-1-15(3-16(2-14)31(36)37)28(35)30-22-9-18(51(41,42)43)5-13-7-20(53(47,48)49)11-24(33)26(13)22/h1-11,32-33H,(H,29,34)(H,30,35)(H,38,39,40)(H,41,42,43)(H,44,45,46)(H,47,48,49). The fourth-order valence-electron chi connectivity index (χ4n) is 5.04. The first-order valence-electron chi connectivity index (χ1n) is 13.7. The zero-order valence-electron chi connectivity index (χ0n) is 25.5. The molecule has 0 unspecified atom stereocenters. The molecule has 5 aromatic rings. The van der Waals surface area contributed by atoms with Gasteiger partial charge in [0.05, 0.1) is 35.9 Å². The van der Waals surface area contributed by atoms with E-state index in [1.807, 2.05) is 0 Å². The Balaban J connectivity index is 1.63. The summed E-state index contributed by atoms with van der Waals surface area (Å²) in [5.74, 6) is -4.52. The molecule has 25 heteroatoms. The highest BCUT2D eigenvalue weighted by Crippen LogP contribution is 2.39. The van der Waals surface area contributed by atoms with Crippen LogP contribution >= 0.6 is 0 Å². The third-order valence-corrected chi connectivity index (χ3v) is 10.6. The SMILES string of the molecule is O=C(Nc1cc(S(=O)(=O)O)cc2cc(S(=O)(=O)O)cc(O)c12)c1cc(C(=O)Nc2cc(S(=O)(=O)O)cc3cc(S(=O)(=O)O)cc(O)c23)cc([N+](=O)[O-])c1. The summed E-state index contributed by atoms with van der Waals surface area (Å²) in [7, 11) is -20.1. The number of hydrogen-bond acceptors (Lipinski definition) is 14. The van der Waals surface area contributed by atoms with Gasteiger partial charge in [0, 0.05) is 46.2 Å². The number of carbonyl (C=O) groups is 2. The van der Waals surface area contributed by atoms with Crippen molar-refractivity contribution in [1.29, 1.82) is 0 Å². The molecule has 0 aliphatic heterocycles. The van der Waals surface area contributed by atoms with E-state index in [2.05, 4.69) is 10.6 Å². The molecule has 2 amide bonds. The summed E-state index contributed by atoms with van der Waals surface area (Å²) in [5, 5.41) is 35.4.